The van der Waals surface area contributed by atoms with Gasteiger partial charge in [-0.2, -0.15) is 0 Å². The maximum atomic E-state index is 12.7. The molecule has 1 aliphatic heterocycles. The molecule has 0 saturated carbocycles. The van der Waals surface area contributed by atoms with Gasteiger partial charge in [-0.15, -0.1) is 0 Å². The molecule has 120 valence electrons. The van der Waals surface area contributed by atoms with Gasteiger partial charge in [-0.1, -0.05) is 12.1 Å². The highest BCUT2D eigenvalue weighted by Gasteiger charge is 2.35. The van der Waals surface area contributed by atoms with Gasteiger partial charge >= 0.3 is 6.03 Å². The highest BCUT2D eigenvalue weighted by molar-refractivity contribution is 6.00. The predicted octanol–water partition coefficient (Wildman–Crippen LogP) is 2.46. The van der Waals surface area contributed by atoms with Gasteiger partial charge in [-0.25, -0.2) is 4.79 Å². The smallest absolute Gasteiger partial charge is 0.318 e. The van der Waals surface area contributed by atoms with Crippen LogP contribution in [0.2, 0.25) is 0 Å². The van der Waals surface area contributed by atoms with Gasteiger partial charge in [0.1, 0.15) is 6.04 Å². The van der Waals surface area contributed by atoms with Crippen LogP contribution in [0.25, 0.3) is 0 Å². The molecule has 1 aromatic carbocycles. The monoisotopic (exact) mass is 303 g/mol. The number of aryl methyl sites for hydroxylation is 1. The summed E-state index contributed by atoms with van der Waals surface area (Å²) in [5.74, 6) is -0.0288. The molecule has 1 N–H and O–H groups in total. The number of rotatable bonds is 2. The van der Waals surface area contributed by atoms with Gasteiger partial charge in [0.25, 0.3) is 0 Å². The molecule has 22 heavy (non-hydrogen) atoms. The maximum Gasteiger partial charge on any atom is 0.318 e. The SMILES string of the molecule is Cc1cccc(N2CCN(C(=O)NC(C)C)[C@H](C)C2=O)c1C. The number of anilines is 1. The fourth-order valence-electron chi connectivity index (χ4n) is 2.74. The Morgan fingerprint density at radius 2 is 1.95 bits per heavy atom. The van der Waals surface area contributed by atoms with Crippen molar-refractivity contribution in [3.63, 3.8) is 0 Å². The highest BCUT2D eigenvalue weighted by atomic mass is 16.2. The Hall–Kier alpha value is -2.04. The molecule has 0 aromatic heterocycles. The quantitative estimate of drug-likeness (QED) is 0.912. The van der Waals surface area contributed by atoms with Crippen molar-refractivity contribution >= 4 is 17.6 Å². The molecule has 5 heteroatoms. The number of nitrogens with one attached hydrogen (secondary N) is 1. The topological polar surface area (TPSA) is 52.6 Å². The van der Waals surface area contributed by atoms with E-state index in [9.17, 15) is 9.59 Å². The van der Waals surface area contributed by atoms with E-state index in [0.29, 0.717) is 13.1 Å². The minimum absolute atomic E-state index is 0.0288. The Balaban J connectivity index is 2.19. The maximum absolute atomic E-state index is 12.7. The zero-order valence-corrected chi connectivity index (χ0v) is 14.0. The number of hydrogen-bond donors (Lipinski definition) is 1. The summed E-state index contributed by atoms with van der Waals surface area (Å²) in [5.41, 5.74) is 3.22. The molecule has 5 nitrogen and oxygen atoms in total. The van der Waals surface area contributed by atoms with Crippen molar-refractivity contribution in [1.82, 2.24) is 10.2 Å². The molecule has 0 radical (unpaired) electrons. The van der Waals surface area contributed by atoms with Crippen LogP contribution in [-0.4, -0.2) is 42.0 Å². The number of carbonyl (C=O) groups is 2. The third-order valence-corrected chi connectivity index (χ3v) is 4.20. The second-order valence-electron chi connectivity index (χ2n) is 6.18. The second-order valence-corrected chi connectivity index (χ2v) is 6.18. The van der Waals surface area contributed by atoms with Crippen molar-refractivity contribution in [2.45, 2.75) is 46.7 Å². The summed E-state index contributed by atoms with van der Waals surface area (Å²) in [6, 6.07) is 5.42. The minimum Gasteiger partial charge on any atom is -0.336 e. The van der Waals surface area contributed by atoms with Gasteiger partial charge in [0, 0.05) is 24.8 Å². The number of piperazine rings is 1. The summed E-state index contributed by atoms with van der Waals surface area (Å²) in [5, 5.41) is 2.85. The van der Waals surface area contributed by atoms with Crippen molar-refractivity contribution in [3.8, 4) is 0 Å². The van der Waals surface area contributed by atoms with Crippen LogP contribution in [0.5, 0.6) is 0 Å². The number of benzene rings is 1. The Morgan fingerprint density at radius 3 is 2.59 bits per heavy atom. The van der Waals surface area contributed by atoms with Crippen molar-refractivity contribution in [1.29, 1.82) is 0 Å². The molecule has 0 spiro atoms. The average molecular weight is 303 g/mol. The zero-order valence-electron chi connectivity index (χ0n) is 14.0. The summed E-state index contributed by atoms with van der Waals surface area (Å²) in [7, 11) is 0. The van der Waals surface area contributed by atoms with Crippen molar-refractivity contribution in [2.75, 3.05) is 18.0 Å². The Bertz CT molecular complexity index is 583. The van der Waals surface area contributed by atoms with E-state index in [-0.39, 0.29) is 18.0 Å². The summed E-state index contributed by atoms with van der Waals surface area (Å²) >= 11 is 0. The first-order valence-corrected chi connectivity index (χ1v) is 7.77. The van der Waals surface area contributed by atoms with E-state index in [1.165, 1.54) is 0 Å². The number of amides is 3. The van der Waals surface area contributed by atoms with Gasteiger partial charge in [0.15, 0.2) is 0 Å². The number of nitrogens with zero attached hydrogens (tertiary/aromatic N) is 2. The molecule has 1 aliphatic rings. The van der Waals surface area contributed by atoms with Crippen LogP contribution in [0.3, 0.4) is 0 Å². The second kappa shape index (κ2) is 6.38. The number of urea groups is 1. The largest absolute Gasteiger partial charge is 0.336 e. The third kappa shape index (κ3) is 3.08. The molecule has 0 bridgehead atoms. The lowest BCUT2D eigenvalue weighted by Gasteiger charge is -2.39. The average Bonchev–Trinajstić information content (AvgIpc) is 2.44. The van der Waals surface area contributed by atoms with Crippen LogP contribution >= 0.6 is 0 Å². The summed E-state index contributed by atoms with van der Waals surface area (Å²) < 4.78 is 0. The van der Waals surface area contributed by atoms with Crippen LogP contribution in [0.15, 0.2) is 18.2 Å². The minimum atomic E-state index is -0.451. The van der Waals surface area contributed by atoms with E-state index in [1.54, 1.807) is 16.7 Å². The van der Waals surface area contributed by atoms with Gasteiger partial charge in [-0.3, -0.25) is 4.79 Å². The van der Waals surface area contributed by atoms with E-state index in [4.69, 9.17) is 0 Å². The van der Waals surface area contributed by atoms with Crippen LogP contribution < -0.4 is 10.2 Å². The van der Waals surface area contributed by atoms with E-state index < -0.39 is 6.04 Å². The molecule has 1 aromatic rings. The van der Waals surface area contributed by atoms with Crippen LogP contribution in [0, 0.1) is 13.8 Å². The van der Waals surface area contributed by atoms with Gasteiger partial charge < -0.3 is 15.1 Å². The van der Waals surface area contributed by atoms with Gasteiger partial charge in [0.2, 0.25) is 5.91 Å². The van der Waals surface area contributed by atoms with E-state index in [1.807, 2.05) is 45.9 Å². The third-order valence-electron chi connectivity index (χ3n) is 4.20. The molecule has 1 heterocycles. The van der Waals surface area contributed by atoms with Crippen molar-refractivity contribution in [2.24, 2.45) is 0 Å². The van der Waals surface area contributed by atoms with Crippen molar-refractivity contribution < 1.29 is 9.59 Å². The van der Waals surface area contributed by atoms with Crippen LogP contribution in [-0.2, 0) is 4.79 Å². The summed E-state index contributed by atoms with van der Waals surface area (Å²) in [6.45, 7) is 10.8. The van der Waals surface area contributed by atoms with E-state index >= 15 is 0 Å². The fourth-order valence-corrected chi connectivity index (χ4v) is 2.74. The Labute approximate surface area is 132 Å². The Morgan fingerprint density at radius 1 is 1.27 bits per heavy atom. The van der Waals surface area contributed by atoms with Crippen molar-refractivity contribution in [3.05, 3.63) is 29.3 Å². The molecule has 3 amide bonds. The van der Waals surface area contributed by atoms with E-state index in [0.717, 1.165) is 16.8 Å². The molecular weight excluding hydrogens is 278 g/mol. The fraction of sp³-hybridized carbons (Fsp3) is 0.529. The molecule has 1 saturated heterocycles. The predicted molar refractivity (Wildman–Crippen MR) is 88.1 cm³/mol. The molecule has 0 unspecified atom stereocenters. The summed E-state index contributed by atoms with van der Waals surface area (Å²) in [4.78, 5) is 28.3. The van der Waals surface area contributed by atoms with Gasteiger partial charge in [-0.05, 0) is 51.8 Å². The standard InChI is InChI=1S/C17H25N3O2/c1-11(2)18-17(22)19-9-10-20(16(21)14(19)5)15-8-6-7-12(3)13(15)4/h6-8,11,14H,9-10H2,1-5H3,(H,18,22)/t14-/m1/s1. The first-order valence-electron chi connectivity index (χ1n) is 7.77. The molecule has 0 aliphatic carbocycles. The van der Waals surface area contributed by atoms with Crippen LogP contribution in [0.4, 0.5) is 10.5 Å². The Kier molecular flexibility index (Phi) is 4.74. The first kappa shape index (κ1) is 16.3. The van der Waals surface area contributed by atoms with Crippen LogP contribution in [0.1, 0.15) is 31.9 Å². The highest BCUT2D eigenvalue weighted by Crippen LogP contribution is 2.26. The molecule has 2 rings (SSSR count). The molecular formula is C17H25N3O2. The number of carbonyl (C=O) groups excluding carboxylic acids is 2. The normalized spacial score (nSPS) is 18.8. The summed E-state index contributed by atoms with van der Waals surface area (Å²) in [6.07, 6.45) is 0. The van der Waals surface area contributed by atoms with Gasteiger partial charge in [0.05, 0.1) is 0 Å². The van der Waals surface area contributed by atoms with E-state index in [2.05, 4.69) is 5.32 Å². The zero-order chi connectivity index (χ0) is 16.4. The molecule has 1 atom stereocenters. The lowest BCUT2D eigenvalue weighted by Crippen LogP contribution is -2.60. The number of hydrogen-bond acceptors (Lipinski definition) is 2. The lowest BCUT2D eigenvalue weighted by atomic mass is 10.1. The first-order chi connectivity index (χ1) is 10.3. The lowest BCUT2D eigenvalue weighted by molar-refractivity contribution is -0.124. The molecule has 1 fully saturated rings.